The molecule has 1 N–H and O–H groups in total. The van der Waals surface area contributed by atoms with E-state index >= 15 is 0 Å². The summed E-state index contributed by atoms with van der Waals surface area (Å²) in [5.74, 6) is 1.86. The molecule has 3 heteroatoms. The zero-order valence-corrected chi connectivity index (χ0v) is 12.9. The van der Waals surface area contributed by atoms with Gasteiger partial charge >= 0.3 is 0 Å². The van der Waals surface area contributed by atoms with Crippen LogP contribution in [0.4, 0.5) is 0 Å². The van der Waals surface area contributed by atoms with E-state index in [9.17, 15) is 0 Å². The molecule has 112 valence electrons. The van der Waals surface area contributed by atoms with Crippen molar-refractivity contribution in [3.05, 3.63) is 29.8 Å². The van der Waals surface area contributed by atoms with Crippen molar-refractivity contribution in [1.29, 1.82) is 0 Å². The Morgan fingerprint density at radius 3 is 2.50 bits per heavy atom. The van der Waals surface area contributed by atoms with E-state index in [-0.39, 0.29) is 0 Å². The second-order valence-electron chi connectivity index (χ2n) is 5.88. The Hall–Kier alpha value is -1.06. The lowest BCUT2D eigenvalue weighted by atomic mass is 9.94. The van der Waals surface area contributed by atoms with Crippen molar-refractivity contribution < 1.29 is 4.74 Å². The Balaban J connectivity index is 1.55. The van der Waals surface area contributed by atoms with Crippen LogP contribution in [0.25, 0.3) is 0 Å². The van der Waals surface area contributed by atoms with Crippen molar-refractivity contribution in [2.45, 2.75) is 25.7 Å². The van der Waals surface area contributed by atoms with Crippen LogP contribution in [0.15, 0.2) is 24.3 Å². The number of benzene rings is 1. The molecule has 0 atom stereocenters. The zero-order valence-electron chi connectivity index (χ0n) is 12.9. The molecule has 0 aromatic heterocycles. The molecule has 1 heterocycles. The van der Waals surface area contributed by atoms with Crippen LogP contribution in [-0.2, 0) is 6.42 Å². The van der Waals surface area contributed by atoms with Crippen LogP contribution in [0.3, 0.4) is 0 Å². The Bertz CT molecular complexity index is 369. The normalized spacial score (nSPS) is 17.3. The van der Waals surface area contributed by atoms with Crippen molar-refractivity contribution in [1.82, 2.24) is 10.2 Å². The Morgan fingerprint density at radius 2 is 1.85 bits per heavy atom. The molecule has 1 aliphatic rings. The van der Waals surface area contributed by atoms with Gasteiger partial charge < -0.3 is 15.0 Å². The molecule has 1 saturated heterocycles. The Kier molecular flexibility index (Phi) is 6.34. The standard InChI is InChI=1S/C17H28N2O/c1-19-13-9-16(10-14-19)8-12-18-11-7-15-3-5-17(20-2)6-4-15/h3-6,16,18H,7-14H2,1-2H3. The zero-order chi connectivity index (χ0) is 14.2. The minimum Gasteiger partial charge on any atom is -0.497 e. The molecule has 1 fully saturated rings. The summed E-state index contributed by atoms with van der Waals surface area (Å²) in [4.78, 5) is 2.44. The van der Waals surface area contributed by atoms with Gasteiger partial charge in [0, 0.05) is 0 Å². The summed E-state index contributed by atoms with van der Waals surface area (Å²) in [6, 6.07) is 8.37. The van der Waals surface area contributed by atoms with Gasteiger partial charge in [0.05, 0.1) is 7.11 Å². The number of likely N-dealkylation sites (tertiary alicyclic amines) is 1. The number of hydrogen-bond acceptors (Lipinski definition) is 3. The fraction of sp³-hybridized carbons (Fsp3) is 0.647. The van der Waals surface area contributed by atoms with Crippen LogP contribution in [0, 0.1) is 5.92 Å². The number of hydrogen-bond donors (Lipinski definition) is 1. The molecule has 1 aliphatic heterocycles. The van der Waals surface area contributed by atoms with E-state index in [0.29, 0.717) is 0 Å². The predicted molar refractivity (Wildman–Crippen MR) is 84.4 cm³/mol. The lowest BCUT2D eigenvalue weighted by Crippen LogP contribution is -2.31. The molecule has 20 heavy (non-hydrogen) atoms. The highest BCUT2D eigenvalue weighted by Gasteiger charge is 2.15. The molecular weight excluding hydrogens is 248 g/mol. The molecule has 0 radical (unpaired) electrons. The summed E-state index contributed by atoms with van der Waals surface area (Å²) in [7, 11) is 3.93. The second kappa shape index (κ2) is 8.28. The minimum absolute atomic E-state index is 0.930. The second-order valence-corrected chi connectivity index (χ2v) is 5.88. The number of nitrogens with zero attached hydrogens (tertiary/aromatic N) is 1. The summed E-state index contributed by atoms with van der Waals surface area (Å²) in [5, 5.41) is 3.58. The quantitative estimate of drug-likeness (QED) is 0.775. The first-order chi connectivity index (χ1) is 9.78. The number of nitrogens with one attached hydrogen (secondary N) is 1. The largest absolute Gasteiger partial charge is 0.497 e. The van der Waals surface area contributed by atoms with Gasteiger partial charge in [0.15, 0.2) is 0 Å². The van der Waals surface area contributed by atoms with Crippen molar-refractivity contribution in [2.24, 2.45) is 5.92 Å². The average Bonchev–Trinajstić information content (AvgIpc) is 2.49. The molecule has 0 amide bonds. The highest BCUT2D eigenvalue weighted by atomic mass is 16.5. The molecule has 3 nitrogen and oxygen atoms in total. The van der Waals surface area contributed by atoms with Gasteiger partial charge in [-0.15, -0.1) is 0 Å². The first-order valence-corrected chi connectivity index (χ1v) is 7.80. The van der Waals surface area contributed by atoms with Crippen LogP contribution in [0.1, 0.15) is 24.8 Å². The van der Waals surface area contributed by atoms with Gasteiger partial charge in [-0.25, -0.2) is 0 Å². The first kappa shape index (κ1) is 15.3. The van der Waals surface area contributed by atoms with Gasteiger partial charge in [0.2, 0.25) is 0 Å². The topological polar surface area (TPSA) is 24.5 Å². The third-order valence-corrected chi connectivity index (χ3v) is 4.32. The first-order valence-electron chi connectivity index (χ1n) is 7.80. The Labute approximate surface area is 123 Å². The Morgan fingerprint density at radius 1 is 1.15 bits per heavy atom. The van der Waals surface area contributed by atoms with E-state index in [2.05, 4.69) is 29.4 Å². The molecule has 1 aromatic rings. The van der Waals surface area contributed by atoms with E-state index in [4.69, 9.17) is 4.74 Å². The number of rotatable bonds is 7. The van der Waals surface area contributed by atoms with Gasteiger partial charge in [-0.05, 0) is 82.5 Å². The highest BCUT2D eigenvalue weighted by Crippen LogP contribution is 2.18. The van der Waals surface area contributed by atoms with E-state index in [1.807, 2.05) is 12.1 Å². The SMILES string of the molecule is COc1ccc(CCNCCC2CCN(C)CC2)cc1. The van der Waals surface area contributed by atoms with Gasteiger partial charge in [0.25, 0.3) is 0 Å². The van der Waals surface area contributed by atoms with Gasteiger partial charge in [-0.2, -0.15) is 0 Å². The van der Waals surface area contributed by atoms with Crippen LogP contribution < -0.4 is 10.1 Å². The summed E-state index contributed by atoms with van der Waals surface area (Å²) >= 11 is 0. The van der Waals surface area contributed by atoms with Crippen molar-refractivity contribution in [3.63, 3.8) is 0 Å². The number of methoxy groups -OCH3 is 1. The lowest BCUT2D eigenvalue weighted by molar-refractivity contribution is 0.212. The third-order valence-electron chi connectivity index (χ3n) is 4.32. The molecule has 2 rings (SSSR count). The molecule has 1 aromatic carbocycles. The maximum atomic E-state index is 5.17. The van der Waals surface area contributed by atoms with Crippen LogP contribution in [0.5, 0.6) is 5.75 Å². The number of ether oxygens (including phenoxy) is 1. The molecule has 0 bridgehead atoms. The summed E-state index contributed by atoms with van der Waals surface area (Å²) in [6.45, 7) is 4.77. The van der Waals surface area contributed by atoms with E-state index < -0.39 is 0 Å². The van der Waals surface area contributed by atoms with Crippen molar-refractivity contribution in [2.75, 3.05) is 40.3 Å². The average molecular weight is 276 g/mol. The smallest absolute Gasteiger partial charge is 0.118 e. The van der Waals surface area contributed by atoms with Crippen LogP contribution in [0.2, 0.25) is 0 Å². The van der Waals surface area contributed by atoms with Crippen molar-refractivity contribution in [3.8, 4) is 5.75 Å². The molecule has 0 saturated carbocycles. The summed E-state index contributed by atoms with van der Waals surface area (Å²) < 4.78 is 5.17. The van der Waals surface area contributed by atoms with Gasteiger partial charge in [0.1, 0.15) is 5.75 Å². The minimum atomic E-state index is 0.930. The summed E-state index contributed by atoms with van der Waals surface area (Å²) in [5.41, 5.74) is 1.37. The maximum absolute atomic E-state index is 5.17. The molecule has 0 unspecified atom stereocenters. The van der Waals surface area contributed by atoms with Crippen LogP contribution >= 0.6 is 0 Å². The van der Waals surface area contributed by atoms with Gasteiger partial charge in [-0.1, -0.05) is 12.1 Å². The fourth-order valence-electron chi connectivity index (χ4n) is 2.81. The maximum Gasteiger partial charge on any atom is 0.118 e. The molecule has 0 aliphatic carbocycles. The highest BCUT2D eigenvalue weighted by molar-refractivity contribution is 5.27. The predicted octanol–water partition coefficient (Wildman–Crippen LogP) is 2.56. The third kappa shape index (κ3) is 5.14. The number of piperidine rings is 1. The van der Waals surface area contributed by atoms with E-state index in [1.165, 1.54) is 37.9 Å². The van der Waals surface area contributed by atoms with Crippen molar-refractivity contribution >= 4 is 0 Å². The van der Waals surface area contributed by atoms with Crippen LogP contribution in [-0.4, -0.2) is 45.2 Å². The lowest BCUT2D eigenvalue weighted by Gasteiger charge is -2.28. The monoisotopic (exact) mass is 276 g/mol. The van der Waals surface area contributed by atoms with Gasteiger partial charge in [-0.3, -0.25) is 0 Å². The van der Waals surface area contributed by atoms with E-state index in [1.54, 1.807) is 7.11 Å². The molecular formula is C17H28N2O. The molecule has 0 spiro atoms. The fourth-order valence-corrected chi connectivity index (χ4v) is 2.81. The van der Waals surface area contributed by atoms with E-state index in [0.717, 1.165) is 31.2 Å². The summed E-state index contributed by atoms with van der Waals surface area (Å²) in [6.07, 6.45) is 5.17.